The van der Waals surface area contributed by atoms with Crippen molar-refractivity contribution in [2.75, 3.05) is 13.1 Å². The van der Waals surface area contributed by atoms with Gasteiger partial charge in [0, 0.05) is 36.8 Å². The third-order valence-corrected chi connectivity index (χ3v) is 5.06. The van der Waals surface area contributed by atoms with E-state index in [1.54, 1.807) is 4.90 Å². The quantitative estimate of drug-likeness (QED) is 0.777. The zero-order valence-corrected chi connectivity index (χ0v) is 14.9. The number of aliphatic hydroxyl groups is 1. The second-order valence-electron chi connectivity index (χ2n) is 7.92. The van der Waals surface area contributed by atoms with Gasteiger partial charge < -0.3 is 20.7 Å². The molecule has 1 aromatic heterocycles. The number of hydrogen-bond donors (Lipinski definition) is 3. The van der Waals surface area contributed by atoms with E-state index in [9.17, 15) is 14.7 Å². The molecule has 1 aromatic carbocycles. The summed E-state index contributed by atoms with van der Waals surface area (Å²) >= 11 is 0. The van der Waals surface area contributed by atoms with Crippen LogP contribution in [-0.4, -0.2) is 45.5 Å². The fraction of sp³-hybridized carbons (Fsp3) is 0.474. The molecule has 0 saturated carbocycles. The second-order valence-corrected chi connectivity index (χ2v) is 7.92. The first-order valence-corrected chi connectivity index (χ1v) is 8.55. The standard InChI is InChI=1S/C19H25N3O3/c1-18(2,3)13-5-4-12-10-15(21-14(12)11-13)16(23)22-8-6-19(25,7-9-22)17(20)24/h4-5,10-11,21,25H,6-9H2,1-3H3,(H2,20,24). The molecule has 1 aliphatic rings. The van der Waals surface area contributed by atoms with E-state index in [0.29, 0.717) is 18.8 Å². The van der Waals surface area contributed by atoms with Crippen LogP contribution in [0.25, 0.3) is 10.9 Å². The van der Waals surface area contributed by atoms with Crippen LogP contribution in [0.15, 0.2) is 24.3 Å². The lowest BCUT2D eigenvalue weighted by atomic mass is 9.87. The lowest BCUT2D eigenvalue weighted by Crippen LogP contribution is -2.53. The number of amides is 2. The topological polar surface area (TPSA) is 99.4 Å². The highest BCUT2D eigenvalue weighted by Crippen LogP contribution is 2.27. The molecule has 0 atom stereocenters. The Balaban J connectivity index is 1.80. The maximum atomic E-state index is 12.7. The van der Waals surface area contributed by atoms with Gasteiger partial charge in [0.25, 0.3) is 5.91 Å². The van der Waals surface area contributed by atoms with E-state index in [4.69, 9.17) is 5.73 Å². The second kappa shape index (κ2) is 5.88. The molecular formula is C19H25N3O3. The number of benzene rings is 1. The summed E-state index contributed by atoms with van der Waals surface area (Å²) in [6.07, 6.45) is 0.338. The van der Waals surface area contributed by atoms with Crippen LogP contribution in [-0.2, 0) is 10.2 Å². The molecule has 134 valence electrons. The predicted octanol–water partition coefficient (Wildman–Crippen LogP) is 1.92. The number of fused-ring (bicyclic) bond motifs is 1. The average molecular weight is 343 g/mol. The summed E-state index contributed by atoms with van der Waals surface area (Å²) in [5.41, 5.74) is 6.42. The van der Waals surface area contributed by atoms with Crippen molar-refractivity contribution in [1.29, 1.82) is 0 Å². The minimum absolute atomic E-state index is 0.0373. The molecule has 6 nitrogen and oxygen atoms in total. The minimum atomic E-state index is -1.50. The Bertz CT molecular complexity index is 824. The molecule has 0 bridgehead atoms. The normalized spacial score (nSPS) is 17.7. The number of H-pyrrole nitrogens is 1. The summed E-state index contributed by atoms with van der Waals surface area (Å²) in [4.78, 5) is 28.9. The number of piperidine rings is 1. The number of likely N-dealkylation sites (tertiary alicyclic amines) is 1. The van der Waals surface area contributed by atoms with Crippen molar-refractivity contribution in [3.05, 3.63) is 35.5 Å². The summed E-state index contributed by atoms with van der Waals surface area (Å²) in [5, 5.41) is 11.1. The summed E-state index contributed by atoms with van der Waals surface area (Å²) < 4.78 is 0. The monoisotopic (exact) mass is 343 g/mol. The molecule has 4 N–H and O–H groups in total. The van der Waals surface area contributed by atoms with Crippen molar-refractivity contribution in [3.8, 4) is 0 Å². The molecule has 25 heavy (non-hydrogen) atoms. The number of primary amides is 1. The van der Waals surface area contributed by atoms with Crippen LogP contribution >= 0.6 is 0 Å². The summed E-state index contributed by atoms with van der Waals surface area (Å²) in [6.45, 7) is 7.06. The summed E-state index contributed by atoms with van der Waals surface area (Å²) in [5.74, 6) is -0.847. The molecule has 6 heteroatoms. The molecule has 1 fully saturated rings. The van der Waals surface area contributed by atoms with E-state index < -0.39 is 11.5 Å². The summed E-state index contributed by atoms with van der Waals surface area (Å²) in [7, 11) is 0. The number of nitrogens with zero attached hydrogens (tertiary/aromatic N) is 1. The summed E-state index contributed by atoms with van der Waals surface area (Å²) in [6, 6.07) is 8.02. The highest BCUT2D eigenvalue weighted by atomic mass is 16.3. The van der Waals surface area contributed by atoms with Crippen molar-refractivity contribution in [2.45, 2.75) is 44.6 Å². The number of aromatic nitrogens is 1. The molecule has 0 aliphatic carbocycles. The van der Waals surface area contributed by atoms with Crippen molar-refractivity contribution < 1.29 is 14.7 Å². The minimum Gasteiger partial charge on any atom is -0.380 e. The molecule has 2 amide bonds. The van der Waals surface area contributed by atoms with Crippen molar-refractivity contribution in [2.24, 2.45) is 5.73 Å². The Kier molecular flexibility index (Phi) is 4.11. The molecule has 0 radical (unpaired) electrons. The maximum absolute atomic E-state index is 12.7. The van der Waals surface area contributed by atoms with E-state index in [1.807, 2.05) is 12.1 Å². The first-order chi connectivity index (χ1) is 11.6. The number of nitrogens with one attached hydrogen (secondary N) is 1. The van der Waals surface area contributed by atoms with Gasteiger partial charge in [0.05, 0.1) is 0 Å². The smallest absolute Gasteiger partial charge is 0.270 e. The Labute approximate surface area is 147 Å². The van der Waals surface area contributed by atoms with Gasteiger partial charge in [-0.1, -0.05) is 32.9 Å². The van der Waals surface area contributed by atoms with Crippen molar-refractivity contribution in [3.63, 3.8) is 0 Å². The van der Waals surface area contributed by atoms with Gasteiger partial charge in [-0.15, -0.1) is 0 Å². The fourth-order valence-corrected chi connectivity index (χ4v) is 3.21. The van der Waals surface area contributed by atoms with E-state index >= 15 is 0 Å². The number of nitrogens with two attached hydrogens (primary N) is 1. The number of rotatable bonds is 2. The highest BCUT2D eigenvalue weighted by Gasteiger charge is 2.39. The zero-order valence-electron chi connectivity index (χ0n) is 14.9. The molecule has 2 aromatic rings. The van der Waals surface area contributed by atoms with Crippen LogP contribution in [0.4, 0.5) is 0 Å². The van der Waals surface area contributed by atoms with E-state index in [0.717, 1.165) is 10.9 Å². The van der Waals surface area contributed by atoms with Gasteiger partial charge in [-0.25, -0.2) is 0 Å². The largest absolute Gasteiger partial charge is 0.380 e. The zero-order chi connectivity index (χ0) is 18.4. The lowest BCUT2D eigenvalue weighted by Gasteiger charge is -2.35. The van der Waals surface area contributed by atoms with Gasteiger partial charge in [-0.2, -0.15) is 0 Å². The van der Waals surface area contributed by atoms with Gasteiger partial charge in [0.2, 0.25) is 5.91 Å². The molecule has 3 rings (SSSR count). The van der Waals surface area contributed by atoms with Crippen LogP contribution in [0.3, 0.4) is 0 Å². The molecule has 1 aliphatic heterocycles. The third kappa shape index (κ3) is 3.26. The fourth-order valence-electron chi connectivity index (χ4n) is 3.21. The Morgan fingerprint density at radius 3 is 2.40 bits per heavy atom. The number of carbonyl (C=O) groups excluding carboxylic acids is 2. The Morgan fingerprint density at radius 2 is 1.84 bits per heavy atom. The SMILES string of the molecule is CC(C)(C)c1ccc2cc(C(=O)N3CCC(O)(C(N)=O)CC3)[nH]c2c1. The highest BCUT2D eigenvalue weighted by molar-refractivity contribution is 5.98. The molecule has 0 unspecified atom stereocenters. The van der Waals surface area contributed by atoms with Crippen molar-refractivity contribution >= 4 is 22.7 Å². The van der Waals surface area contributed by atoms with Gasteiger partial charge in [-0.05, 0) is 23.1 Å². The first kappa shape index (κ1) is 17.5. The molecular weight excluding hydrogens is 318 g/mol. The molecule has 1 saturated heterocycles. The van der Waals surface area contributed by atoms with Crippen LogP contribution in [0, 0.1) is 0 Å². The predicted molar refractivity (Wildman–Crippen MR) is 96.3 cm³/mol. The Morgan fingerprint density at radius 1 is 1.20 bits per heavy atom. The number of aromatic amines is 1. The van der Waals surface area contributed by atoms with Crippen molar-refractivity contribution in [1.82, 2.24) is 9.88 Å². The number of hydrogen-bond acceptors (Lipinski definition) is 3. The van der Waals surface area contributed by atoms with Crippen LogP contribution in [0.5, 0.6) is 0 Å². The van der Waals surface area contributed by atoms with Crippen LogP contribution < -0.4 is 5.73 Å². The third-order valence-electron chi connectivity index (χ3n) is 5.06. The first-order valence-electron chi connectivity index (χ1n) is 8.55. The average Bonchev–Trinajstić information content (AvgIpc) is 2.97. The van der Waals surface area contributed by atoms with Gasteiger partial charge in [-0.3, -0.25) is 9.59 Å². The molecule has 0 spiro atoms. The molecule has 2 heterocycles. The van der Waals surface area contributed by atoms with Crippen LogP contribution in [0.1, 0.15) is 49.7 Å². The van der Waals surface area contributed by atoms with E-state index in [2.05, 4.69) is 37.9 Å². The van der Waals surface area contributed by atoms with Crippen LogP contribution in [0.2, 0.25) is 0 Å². The van der Waals surface area contributed by atoms with E-state index in [1.165, 1.54) is 5.56 Å². The van der Waals surface area contributed by atoms with E-state index in [-0.39, 0.29) is 24.2 Å². The Hall–Kier alpha value is -2.34. The van der Waals surface area contributed by atoms with Gasteiger partial charge in [0.1, 0.15) is 11.3 Å². The number of carbonyl (C=O) groups is 2. The lowest BCUT2D eigenvalue weighted by molar-refractivity contribution is -0.140. The van der Waals surface area contributed by atoms with Gasteiger partial charge in [0.15, 0.2) is 0 Å². The van der Waals surface area contributed by atoms with Gasteiger partial charge >= 0.3 is 0 Å². The maximum Gasteiger partial charge on any atom is 0.270 e.